The number of carbonyl (C=O) groups excluding carboxylic acids is 2. The minimum Gasteiger partial charge on any atom is -0.482 e. The molecule has 0 aliphatic rings. The lowest BCUT2D eigenvalue weighted by molar-refractivity contribution is -0.123. The fourth-order valence-electron chi connectivity index (χ4n) is 1.63. The van der Waals surface area contributed by atoms with Crippen LogP contribution in [-0.4, -0.2) is 28.2 Å². The fraction of sp³-hybridized carbons (Fsp3) is 0.214. The van der Waals surface area contributed by atoms with Gasteiger partial charge in [0.05, 0.1) is 5.02 Å². The first-order valence-corrected chi connectivity index (χ1v) is 7.30. The summed E-state index contributed by atoms with van der Waals surface area (Å²) in [6, 6.07) is 6.24. The van der Waals surface area contributed by atoms with Gasteiger partial charge in [-0.15, -0.1) is 0 Å². The lowest BCUT2D eigenvalue weighted by Gasteiger charge is -2.09. The van der Waals surface area contributed by atoms with Crippen molar-refractivity contribution in [2.45, 2.75) is 6.92 Å². The van der Waals surface area contributed by atoms with E-state index in [1.54, 1.807) is 29.9 Å². The molecule has 0 fully saturated rings. The standard InChI is InChI=1S/C14H14Cl2N4O3/c1-8-5-11(19-20(8)2)14(22)18-17-13(21)7-23-12-4-3-9(15)6-10(12)16/h3-6H,7H2,1-2H3,(H,17,21)(H,18,22). The van der Waals surface area contributed by atoms with Crippen LogP contribution in [0.4, 0.5) is 0 Å². The highest BCUT2D eigenvalue weighted by atomic mass is 35.5. The summed E-state index contributed by atoms with van der Waals surface area (Å²) in [5.74, 6) is -0.749. The number of carbonyl (C=O) groups is 2. The zero-order chi connectivity index (χ0) is 17.0. The highest BCUT2D eigenvalue weighted by Crippen LogP contribution is 2.27. The second-order valence-corrected chi connectivity index (χ2v) is 5.50. The number of nitrogens with zero attached hydrogens (tertiary/aromatic N) is 2. The Kier molecular flexibility index (Phi) is 5.46. The average Bonchev–Trinajstić information content (AvgIpc) is 2.83. The van der Waals surface area contributed by atoms with E-state index in [1.807, 2.05) is 6.92 Å². The molecule has 9 heteroatoms. The highest BCUT2D eigenvalue weighted by molar-refractivity contribution is 6.35. The third-order valence-corrected chi connectivity index (χ3v) is 3.45. The van der Waals surface area contributed by atoms with Crippen molar-refractivity contribution < 1.29 is 14.3 Å². The van der Waals surface area contributed by atoms with Gasteiger partial charge in [0, 0.05) is 17.8 Å². The summed E-state index contributed by atoms with van der Waals surface area (Å²) >= 11 is 11.7. The van der Waals surface area contributed by atoms with E-state index in [2.05, 4.69) is 16.0 Å². The highest BCUT2D eigenvalue weighted by Gasteiger charge is 2.12. The van der Waals surface area contributed by atoms with Crippen molar-refractivity contribution in [1.82, 2.24) is 20.6 Å². The number of amides is 2. The number of ether oxygens (including phenoxy) is 1. The molecule has 0 radical (unpaired) electrons. The van der Waals surface area contributed by atoms with E-state index in [4.69, 9.17) is 27.9 Å². The molecule has 0 aliphatic heterocycles. The zero-order valence-corrected chi connectivity index (χ0v) is 13.9. The molecule has 1 aromatic carbocycles. The molecule has 2 N–H and O–H groups in total. The maximum atomic E-state index is 11.8. The average molecular weight is 357 g/mol. The molecule has 122 valence electrons. The number of aryl methyl sites for hydroxylation is 2. The number of hydrogen-bond donors (Lipinski definition) is 2. The Morgan fingerprint density at radius 3 is 2.61 bits per heavy atom. The van der Waals surface area contributed by atoms with Gasteiger partial charge in [0.2, 0.25) is 0 Å². The molecule has 23 heavy (non-hydrogen) atoms. The van der Waals surface area contributed by atoms with Crippen LogP contribution in [0.2, 0.25) is 10.0 Å². The molecule has 2 amide bonds. The van der Waals surface area contributed by atoms with Crippen molar-refractivity contribution in [2.24, 2.45) is 7.05 Å². The lowest BCUT2D eigenvalue weighted by Crippen LogP contribution is -2.44. The number of rotatable bonds is 4. The first-order valence-electron chi connectivity index (χ1n) is 6.54. The Morgan fingerprint density at radius 1 is 1.26 bits per heavy atom. The van der Waals surface area contributed by atoms with E-state index in [1.165, 1.54) is 6.07 Å². The van der Waals surface area contributed by atoms with Crippen LogP contribution in [0, 0.1) is 6.92 Å². The van der Waals surface area contributed by atoms with Gasteiger partial charge >= 0.3 is 0 Å². The first kappa shape index (κ1) is 17.1. The third-order valence-electron chi connectivity index (χ3n) is 2.91. The minimum atomic E-state index is -0.544. The number of hydrogen-bond acceptors (Lipinski definition) is 4. The summed E-state index contributed by atoms with van der Waals surface area (Å²) in [4.78, 5) is 23.5. The van der Waals surface area contributed by atoms with Crippen LogP contribution in [0.5, 0.6) is 5.75 Å². The molecule has 0 saturated carbocycles. The van der Waals surface area contributed by atoms with Gasteiger partial charge in [-0.3, -0.25) is 25.1 Å². The van der Waals surface area contributed by atoms with Crippen molar-refractivity contribution in [1.29, 1.82) is 0 Å². The topological polar surface area (TPSA) is 85.2 Å². The van der Waals surface area contributed by atoms with E-state index < -0.39 is 11.8 Å². The molecule has 1 heterocycles. The summed E-state index contributed by atoms with van der Waals surface area (Å²) in [7, 11) is 1.72. The summed E-state index contributed by atoms with van der Waals surface area (Å²) in [5, 5.41) is 4.75. The van der Waals surface area contributed by atoms with E-state index in [0.717, 1.165) is 5.69 Å². The third kappa shape index (κ3) is 4.61. The van der Waals surface area contributed by atoms with Gasteiger partial charge < -0.3 is 4.74 Å². The van der Waals surface area contributed by atoms with Gasteiger partial charge in [-0.25, -0.2) is 0 Å². The van der Waals surface area contributed by atoms with E-state index >= 15 is 0 Å². The quantitative estimate of drug-likeness (QED) is 0.819. The zero-order valence-electron chi connectivity index (χ0n) is 12.4. The van der Waals surface area contributed by atoms with Crippen LogP contribution in [0.3, 0.4) is 0 Å². The van der Waals surface area contributed by atoms with Crippen molar-refractivity contribution >= 4 is 35.0 Å². The molecule has 0 unspecified atom stereocenters. The van der Waals surface area contributed by atoms with Gasteiger partial charge in [-0.2, -0.15) is 5.10 Å². The Bertz CT molecular complexity index is 726. The van der Waals surface area contributed by atoms with Gasteiger partial charge in [0.1, 0.15) is 5.75 Å². The van der Waals surface area contributed by atoms with Gasteiger partial charge in [0.15, 0.2) is 12.3 Å². The second-order valence-electron chi connectivity index (χ2n) is 4.66. The van der Waals surface area contributed by atoms with Crippen LogP contribution in [-0.2, 0) is 11.8 Å². The summed E-state index contributed by atoms with van der Waals surface area (Å²) in [6.45, 7) is 1.49. The van der Waals surface area contributed by atoms with Crippen LogP contribution < -0.4 is 15.6 Å². The first-order chi connectivity index (χ1) is 10.9. The number of benzene rings is 1. The number of halogens is 2. The maximum absolute atomic E-state index is 11.8. The predicted molar refractivity (Wildman–Crippen MR) is 85.5 cm³/mol. The molecule has 2 rings (SSSR count). The van der Waals surface area contributed by atoms with Crippen molar-refractivity contribution in [3.63, 3.8) is 0 Å². The normalized spacial score (nSPS) is 10.3. The Morgan fingerprint density at radius 2 is 2.00 bits per heavy atom. The van der Waals surface area contributed by atoms with Crippen LogP contribution in [0.25, 0.3) is 0 Å². The van der Waals surface area contributed by atoms with Crippen molar-refractivity contribution in [3.8, 4) is 5.75 Å². The number of aromatic nitrogens is 2. The Labute approximate surface area is 142 Å². The Balaban J connectivity index is 1.82. The van der Waals surface area contributed by atoms with Gasteiger partial charge in [0.25, 0.3) is 11.8 Å². The summed E-state index contributed by atoms with van der Waals surface area (Å²) < 4.78 is 6.80. The van der Waals surface area contributed by atoms with E-state index in [0.29, 0.717) is 15.8 Å². The van der Waals surface area contributed by atoms with Gasteiger partial charge in [-0.1, -0.05) is 23.2 Å². The smallest absolute Gasteiger partial charge is 0.290 e. The SMILES string of the molecule is Cc1cc(C(=O)NNC(=O)COc2ccc(Cl)cc2Cl)nn1C. The molecule has 0 atom stereocenters. The molecular formula is C14H14Cl2N4O3. The molecule has 0 aliphatic carbocycles. The summed E-state index contributed by atoms with van der Waals surface area (Å²) in [5.41, 5.74) is 5.50. The number of nitrogens with one attached hydrogen (secondary N) is 2. The Hall–Kier alpha value is -2.25. The lowest BCUT2D eigenvalue weighted by atomic mass is 10.3. The largest absolute Gasteiger partial charge is 0.482 e. The van der Waals surface area contributed by atoms with Crippen molar-refractivity contribution in [3.05, 3.63) is 45.7 Å². The fourth-order valence-corrected chi connectivity index (χ4v) is 2.10. The molecule has 7 nitrogen and oxygen atoms in total. The van der Waals surface area contributed by atoms with Gasteiger partial charge in [-0.05, 0) is 31.2 Å². The molecule has 1 aromatic heterocycles. The second kappa shape index (κ2) is 7.34. The molecular weight excluding hydrogens is 343 g/mol. The van der Waals surface area contributed by atoms with Crippen LogP contribution in [0.15, 0.2) is 24.3 Å². The minimum absolute atomic E-state index is 0.201. The summed E-state index contributed by atoms with van der Waals surface area (Å²) in [6.07, 6.45) is 0. The molecule has 2 aromatic rings. The monoisotopic (exact) mass is 356 g/mol. The van der Waals surface area contributed by atoms with Crippen LogP contribution >= 0.6 is 23.2 Å². The maximum Gasteiger partial charge on any atom is 0.290 e. The van der Waals surface area contributed by atoms with Crippen molar-refractivity contribution in [2.75, 3.05) is 6.61 Å². The van der Waals surface area contributed by atoms with E-state index in [9.17, 15) is 9.59 Å². The molecule has 0 spiro atoms. The molecule has 0 saturated heterocycles. The predicted octanol–water partition coefficient (Wildman–Crippen LogP) is 1.88. The molecule has 0 bridgehead atoms. The van der Waals surface area contributed by atoms with Crippen LogP contribution in [0.1, 0.15) is 16.2 Å². The number of hydrazine groups is 1. The van der Waals surface area contributed by atoms with E-state index in [-0.39, 0.29) is 12.3 Å².